The molecule has 0 saturated heterocycles. The summed E-state index contributed by atoms with van der Waals surface area (Å²) >= 11 is 0. The topological polar surface area (TPSA) is 122 Å². The predicted molar refractivity (Wildman–Crippen MR) is 136 cm³/mol. The van der Waals surface area contributed by atoms with Gasteiger partial charge in [0.15, 0.2) is 5.78 Å². The minimum absolute atomic E-state index is 0.0231. The maximum absolute atomic E-state index is 13.3. The number of phenolic OH excluding ortho intramolecular Hbond substituents is 1. The number of nitrogens with zero attached hydrogens (tertiary/aromatic N) is 3. The van der Waals surface area contributed by atoms with Crippen molar-refractivity contribution in [1.29, 1.82) is 5.41 Å². The van der Waals surface area contributed by atoms with Gasteiger partial charge in [0.25, 0.3) is 5.91 Å². The second-order valence-electron chi connectivity index (χ2n) is 10.1. The van der Waals surface area contributed by atoms with E-state index in [1.165, 1.54) is 18.0 Å². The van der Waals surface area contributed by atoms with Crippen molar-refractivity contribution < 1.29 is 23.1 Å². The van der Waals surface area contributed by atoms with Crippen LogP contribution in [0.4, 0.5) is 5.69 Å². The lowest BCUT2D eigenvalue weighted by molar-refractivity contribution is 0.0827. The highest BCUT2D eigenvalue weighted by molar-refractivity contribution is 7.92. The highest BCUT2D eigenvalue weighted by atomic mass is 32.2. The lowest BCUT2D eigenvalue weighted by atomic mass is 9.84. The van der Waals surface area contributed by atoms with Crippen LogP contribution in [0, 0.1) is 5.41 Å². The second kappa shape index (κ2) is 8.99. The molecule has 1 amide bonds. The van der Waals surface area contributed by atoms with Gasteiger partial charge in [-0.25, -0.2) is 8.42 Å². The Balaban J connectivity index is 1.95. The van der Waals surface area contributed by atoms with Crippen molar-refractivity contribution in [2.24, 2.45) is 0 Å². The van der Waals surface area contributed by atoms with Gasteiger partial charge in [-0.05, 0) is 35.2 Å². The lowest BCUT2D eigenvalue weighted by Gasteiger charge is -2.26. The Hall–Kier alpha value is -3.40. The molecule has 1 aliphatic rings. The molecule has 3 rings (SSSR count). The molecule has 0 bridgehead atoms. The van der Waals surface area contributed by atoms with Gasteiger partial charge in [0.2, 0.25) is 10.0 Å². The average molecular weight is 501 g/mol. The van der Waals surface area contributed by atoms with Crippen molar-refractivity contribution >= 4 is 33.2 Å². The number of Topliss-reactive ketones (excluding diaryl/α,β-unsaturated/α-hetero) is 1. The smallest absolute Gasteiger partial charge is 0.253 e. The molecular formula is C25H32N4O5S. The fourth-order valence-electron chi connectivity index (χ4n) is 3.95. The molecule has 1 aliphatic heterocycles. The fourth-order valence-corrected chi connectivity index (χ4v) is 4.45. The molecule has 1 heterocycles. The summed E-state index contributed by atoms with van der Waals surface area (Å²) in [7, 11) is 0.958. The molecule has 0 radical (unpaired) electrons. The number of sulfonamides is 1. The number of anilines is 1. The van der Waals surface area contributed by atoms with E-state index in [9.17, 15) is 23.1 Å². The maximum atomic E-state index is 13.3. The highest BCUT2D eigenvalue weighted by Crippen LogP contribution is 2.40. The van der Waals surface area contributed by atoms with E-state index in [0.29, 0.717) is 23.2 Å². The molecule has 2 aromatic carbocycles. The summed E-state index contributed by atoms with van der Waals surface area (Å²) in [6, 6.07) is 8.12. The molecule has 0 spiro atoms. The van der Waals surface area contributed by atoms with Crippen molar-refractivity contribution in [3.8, 4) is 5.75 Å². The van der Waals surface area contributed by atoms with E-state index in [1.807, 2.05) is 20.8 Å². The summed E-state index contributed by atoms with van der Waals surface area (Å²) in [5.74, 6) is -0.538. The number of hydrogen-bond donors (Lipinski definition) is 2. The Labute approximate surface area is 206 Å². The van der Waals surface area contributed by atoms with Gasteiger partial charge in [0.1, 0.15) is 11.6 Å². The first-order chi connectivity index (χ1) is 16.0. The SMILES string of the molecule is CN(C)C(=O)c1ccc2c(c1)C(=N)N(CC(=O)c1cc(N(C)S(C)(=O)=O)c(O)c(C(C)(C)C)c1)C2. The number of phenols is 1. The Bertz CT molecular complexity index is 1330. The maximum Gasteiger partial charge on any atom is 0.253 e. The van der Waals surface area contributed by atoms with Crippen molar-refractivity contribution in [3.05, 3.63) is 58.1 Å². The third-order valence-corrected chi connectivity index (χ3v) is 7.28. The normalized spacial score (nSPS) is 13.6. The lowest BCUT2D eigenvalue weighted by Crippen LogP contribution is -2.31. The molecule has 0 unspecified atom stereocenters. The van der Waals surface area contributed by atoms with Crippen LogP contribution < -0.4 is 4.31 Å². The van der Waals surface area contributed by atoms with Gasteiger partial charge in [0, 0.05) is 49.9 Å². The molecule has 10 heteroatoms. The Morgan fingerprint density at radius 3 is 2.26 bits per heavy atom. The van der Waals surface area contributed by atoms with E-state index in [0.717, 1.165) is 16.1 Å². The van der Waals surface area contributed by atoms with Crippen LogP contribution >= 0.6 is 0 Å². The summed E-state index contributed by atoms with van der Waals surface area (Å²) in [4.78, 5) is 28.7. The molecule has 0 saturated carbocycles. The molecule has 0 aromatic heterocycles. The van der Waals surface area contributed by atoms with Gasteiger partial charge in [-0.2, -0.15) is 0 Å². The van der Waals surface area contributed by atoms with E-state index in [4.69, 9.17) is 5.41 Å². The molecule has 188 valence electrons. The molecule has 0 fully saturated rings. The third-order valence-electron chi connectivity index (χ3n) is 6.09. The number of hydrogen-bond acceptors (Lipinski definition) is 6. The number of amides is 1. The van der Waals surface area contributed by atoms with Crippen molar-refractivity contribution in [2.45, 2.75) is 32.7 Å². The van der Waals surface area contributed by atoms with Gasteiger partial charge in [-0.3, -0.25) is 19.3 Å². The van der Waals surface area contributed by atoms with Crippen LogP contribution in [0.25, 0.3) is 0 Å². The van der Waals surface area contributed by atoms with Crippen LogP contribution in [0.2, 0.25) is 0 Å². The van der Waals surface area contributed by atoms with Gasteiger partial charge >= 0.3 is 0 Å². The van der Waals surface area contributed by atoms with Gasteiger partial charge in [0.05, 0.1) is 18.5 Å². The third kappa shape index (κ3) is 5.17. The number of carbonyl (C=O) groups is 2. The molecule has 2 N–H and O–H groups in total. The van der Waals surface area contributed by atoms with E-state index in [2.05, 4.69) is 0 Å². The molecule has 9 nitrogen and oxygen atoms in total. The second-order valence-corrected chi connectivity index (χ2v) is 12.1. The fraction of sp³-hybridized carbons (Fsp3) is 0.400. The Morgan fingerprint density at radius 1 is 1.09 bits per heavy atom. The van der Waals surface area contributed by atoms with Gasteiger partial charge < -0.3 is 14.9 Å². The number of ketones is 1. The largest absolute Gasteiger partial charge is 0.505 e. The highest BCUT2D eigenvalue weighted by Gasteiger charge is 2.30. The van der Waals surface area contributed by atoms with Crippen molar-refractivity contribution in [1.82, 2.24) is 9.80 Å². The Kier molecular flexibility index (Phi) is 6.73. The number of carbonyl (C=O) groups excluding carboxylic acids is 2. The van der Waals surface area contributed by atoms with E-state index >= 15 is 0 Å². The first kappa shape index (κ1) is 26.2. The standard InChI is InChI=1S/C25H32N4O5S/c1-25(2,3)19-11-17(12-20(22(19)31)28(6)35(7,33)34)21(30)14-29-13-16-9-8-15(24(32)27(4)5)10-18(16)23(29)26/h8-12,26,31H,13-14H2,1-7H3. The number of aromatic hydroxyl groups is 1. The van der Waals surface area contributed by atoms with Crippen LogP contribution in [0.1, 0.15) is 58.2 Å². The van der Waals surface area contributed by atoms with E-state index in [-0.39, 0.29) is 41.1 Å². The summed E-state index contributed by atoms with van der Waals surface area (Å²) in [5.41, 5.74) is 2.06. The molecule has 0 atom stereocenters. The van der Waals surface area contributed by atoms with E-state index in [1.54, 1.807) is 43.3 Å². The molecule has 0 aliphatic carbocycles. The van der Waals surface area contributed by atoms with E-state index < -0.39 is 15.4 Å². The van der Waals surface area contributed by atoms with Gasteiger partial charge in [-0.1, -0.05) is 26.8 Å². The van der Waals surface area contributed by atoms with Crippen molar-refractivity contribution in [2.75, 3.05) is 38.2 Å². The summed E-state index contributed by atoms with van der Waals surface area (Å²) in [5, 5.41) is 19.4. The number of benzene rings is 2. The zero-order chi connectivity index (χ0) is 26.5. The summed E-state index contributed by atoms with van der Waals surface area (Å²) in [6.07, 6.45) is 1.02. The quantitative estimate of drug-likeness (QED) is 0.588. The molecule has 2 aromatic rings. The zero-order valence-electron chi connectivity index (χ0n) is 21.1. The first-order valence-electron chi connectivity index (χ1n) is 11.1. The van der Waals surface area contributed by atoms with Crippen LogP contribution in [0.5, 0.6) is 5.75 Å². The number of nitrogens with one attached hydrogen (secondary N) is 1. The average Bonchev–Trinajstić information content (AvgIpc) is 3.05. The number of rotatable bonds is 6. The first-order valence-corrected chi connectivity index (χ1v) is 12.9. The Morgan fingerprint density at radius 2 is 1.71 bits per heavy atom. The minimum atomic E-state index is -3.68. The summed E-state index contributed by atoms with van der Waals surface area (Å²) in [6.45, 7) is 5.82. The zero-order valence-corrected chi connectivity index (χ0v) is 21.9. The predicted octanol–water partition coefficient (Wildman–Crippen LogP) is 2.81. The van der Waals surface area contributed by atoms with Crippen LogP contribution in [-0.4, -0.2) is 74.8 Å². The van der Waals surface area contributed by atoms with Crippen LogP contribution in [0.3, 0.4) is 0 Å². The minimum Gasteiger partial charge on any atom is -0.505 e. The molecule has 35 heavy (non-hydrogen) atoms. The monoisotopic (exact) mass is 500 g/mol. The molecular weight excluding hydrogens is 468 g/mol. The number of fused-ring (bicyclic) bond motifs is 1. The van der Waals surface area contributed by atoms with Crippen molar-refractivity contribution in [3.63, 3.8) is 0 Å². The number of amidine groups is 1. The van der Waals surface area contributed by atoms with Crippen LogP contribution in [0.15, 0.2) is 30.3 Å². The summed E-state index contributed by atoms with van der Waals surface area (Å²) < 4.78 is 25.3. The van der Waals surface area contributed by atoms with Gasteiger partial charge in [-0.15, -0.1) is 0 Å². The van der Waals surface area contributed by atoms with Crippen LogP contribution in [-0.2, 0) is 22.0 Å².